The molecular weight excluding hydrogens is 192 g/mol. The van der Waals surface area contributed by atoms with Gasteiger partial charge in [-0.2, -0.15) is 0 Å². The topological polar surface area (TPSA) is 107 Å². The molecule has 0 spiro atoms. The van der Waals surface area contributed by atoms with Crippen molar-refractivity contribution < 1.29 is 30.0 Å². The highest BCUT2D eigenvalue weighted by molar-refractivity contribution is 5.67. The first-order chi connectivity index (χ1) is 6.43. The van der Waals surface area contributed by atoms with E-state index in [4.69, 9.17) is 9.84 Å². The van der Waals surface area contributed by atoms with Gasteiger partial charge in [0.15, 0.2) is 0 Å². The molecule has 1 aliphatic rings. The number of hydrogen-bond acceptors (Lipinski definition) is 5. The van der Waals surface area contributed by atoms with E-state index < -0.39 is 42.9 Å². The minimum absolute atomic E-state index is 0.394. The molecule has 0 amide bonds. The van der Waals surface area contributed by atoms with Gasteiger partial charge < -0.3 is 25.2 Å². The molecule has 6 heteroatoms. The molecule has 82 valence electrons. The smallest absolute Gasteiger partial charge is 0.306 e. The molecule has 0 aromatic carbocycles. The summed E-state index contributed by atoms with van der Waals surface area (Å²) in [6.45, 7) is 1.51. The van der Waals surface area contributed by atoms with Crippen LogP contribution in [0.25, 0.3) is 0 Å². The predicted molar refractivity (Wildman–Crippen MR) is 44.6 cm³/mol. The molecule has 1 saturated heterocycles. The predicted octanol–water partition coefficient (Wildman–Crippen LogP) is -1.67. The minimum Gasteiger partial charge on any atom is -0.481 e. The number of aliphatic carboxylic acids is 1. The van der Waals surface area contributed by atoms with Gasteiger partial charge in [0.25, 0.3) is 0 Å². The lowest BCUT2D eigenvalue weighted by molar-refractivity contribution is -0.219. The summed E-state index contributed by atoms with van der Waals surface area (Å²) in [5, 5.41) is 36.5. The molecule has 4 N–H and O–H groups in total. The van der Waals surface area contributed by atoms with Crippen molar-refractivity contribution in [2.24, 2.45) is 0 Å². The summed E-state index contributed by atoms with van der Waals surface area (Å²) >= 11 is 0. The quantitative estimate of drug-likeness (QED) is 0.430. The number of carboxylic acid groups (broad SMARTS) is 1. The van der Waals surface area contributed by atoms with Gasteiger partial charge in [-0.25, -0.2) is 0 Å². The van der Waals surface area contributed by atoms with E-state index in [1.54, 1.807) is 0 Å². The van der Waals surface area contributed by atoms with Gasteiger partial charge in [-0.1, -0.05) is 0 Å². The molecule has 6 nitrogen and oxygen atoms in total. The fourth-order valence-electron chi connectivity index (χ4n) is 1.48. The zero-order valence-corrected chi connectivity index (χ0v) is 7.70. The second-order valence-corrected chi connectivity index (χ2v) is 3.45. The van der Waals surface area contributed by atoms with Crippen LogP contribution in [0.15, 0.2) is 0 Å². The van der Waals surface area contributed by atoms with E-state index in [-0.39, 0.29) is 0 Å². The second-order valence-electron chi connectivity index (χ2n) is 3.45. The van der Waals surface area contributed by atoms with E-state index in [1.165, 1.54) is 6.92 Å². The average molecular weight is 206 g/mol. The molecule has 0 saturated carbocycles. The van der Waals surface area contributed by atoms with Crippen molar-refractivity contribution in [1.82, 2.24) is 0 Å². The van der Waals surface area contributed by atoms with Crippen molar-refractivity contribution in [3.05, 3.63) is 0 Å². The average Bonchev–Trinajstić information content (AvgIpc) is 2.10. The largest absolute Gasteiger partial charge is 0.481 e. The molecule has 0 aliphatic carbocycles. The van der Waals surface area contributed by atoms with Crippen molar-refractivity contribution in [3.63, 3.8) is 0 Å². The summed E-state index contributed by atoms with van der Waals surface area (Å²) in [5.74, 6) is -1.12. The Morgan fingerprint density at radius 2 is 1.79 bits per heavy atom. The van der Waals surface area contributed by atoms with Crippen molar-refractivity contribution in [1.29, 1.82) is 0 Å². The second kappa shape index (κ2) is 4.22. The third-order valence-electron chi connectivity index (χ3n) is 2.33. The van der Waals surface area contributed by atoms with Crippen LogP contribution in [0.2, 0.25) is 0 Å². The van der Waals surface area contributed by atoms with E-state index in [2.05, 4.69) is 0 Å². The van der Waals surface area contributed by atoms with E-state index in [0.29, 0.717) is 0 Å². The summed E-state index contributed by atoms with van der Waals surface area (Å²) in [5.41, 5.74) is 0. The van der Waals surface area contributed by atoms with Gasteiger partial charge in [0.2, 0.25) is 0 Å². The van der Waals surface area contributed by atoms with Crippen LogP contribution in [-0.4, -0.2) is 56.9 Å². The summed E-state index contributed by atoms with van der Waals surface area (Å²) < 4.78 is 5.05. The van der Waals surface area contributed by atoms with Crippen LogP contribution in [0.5, 0.6) is 0 Å². The maximum atomic E-state index is 10.4. The maximum Gasteiger partial charge on any atom is 0.306 e. The van der Waals surface area contributed by atoms with Gasteiger partial charge >= 0.3 is 5.97 Å². The molecule has 1 rings (SSSR count). The lowest BCUT2D eigenvalue weighted by atomic mass is 9.94. The fraction of sp³-hybridized carbons (Fsp3) is 0.875. The monoisotopic (exact) mass is 206 g/mol. The molecule has 2 unspecified atom stereocenters. The Labute approximate surface area is 80.7 Å². The Hall–Kier alpha value is -0.690. The first-order valence-corrected chi connectivity index (χ1v) is 4.35. The Morgan fingerprint density at radius 3 is 2.29 bits per heavy atom. The molecule has 0 bridgehead atoms. The summed E-state index contributed by atoms with van der Waals surface area (Å²) in [6, 6.07) is 0. The standard InChI is InChI=1S/C8H14O6/c1-3-6(11)8(13)7(12)4(14-3)2-5(9)10/h3-4,6-8,11-13H,2H2,1H3,(H,9,10)/t3-,4?,6-,7-,8?/m0/s1. The molecule has 1 heterocycles. The Bertz CT molecular complexity index is 218. The van der Waals surface area contributed by atoms with Gasteiger partial charge in [-0.05, 0) is 6.92 Å². The van der Waals surface area contributed by atoms with Crippen molar-refractivity contribution >= 4 is 5.97 Å². The van der Waals surface area contributed by atoms with Gasteiger partial charge in [0.1, 0.15) is 18.3 Å². The minimum atomic E-state index is -1.36. The van der Waals surface area contributed by atoms with Gasteiger partial charge in [0, 0.05) is 0 Å². The highest BCUT2D eigenvalue weighted by Crippen LogP contribution is 2.22. The van der Waals surface area contributed by atoms with Crippen LogP contribution >= 0.6 is 0 Å². The van der Waals surface area contributed by atoms with Crippen molar-refractivity contribution in [3.8, 4) is 0 Å². The van der Waals surface area contributed by atoms with Gasteiger partial charge in [0.05, 0.1) is 18.6 Å². The lowest BCUT2D eigenvalue weighted by Crippen LogP contribution is -2.56. The molecule has 14 heavy (non-hydrogen) atoms. The van der Waals surface area contributed by atoms with Crippen LogP contribution in [0.3, 0.4) is 0 Å². The molecule has 0 radical (unpaired) electrons. The molecule has 1 aliphatic heterocycles. The van der Waals surface area contributed by atoms with Crippen LogP contribution in [0.4, 0.5) is 0 Å². The Morgan fingerprint density at radius 1 is 1.21 bits per heavy atom. The summed E-state index contributed by atoms with van der Waals surface area (Å²) in [4.78, 5) is 10.4. The maximum absolute atomic E-state index is 10.4. The number of aliphatic hydroxyl groups excluding tert-OH is 3. The van der Waals surface area contributed by atoms with E-state index in [9.17, 15) is 20.1 Å². The third-order valence-corrected chi connectivity index (χ3v) is 2.33. The zero-order chi connectivity index (χ0) is 10.9. The number of aliphatic hydroxyl groups is 3. The van der Waals surface area contributed by atoms with Gasteiger partial charge in [-0.3, -0.25) is 4.79 Å². The van der Waals surface area contributed by atoms with Crippen molar-refractivity contribution in [2.75, 3.05) is 0 Å². The third kappa shape index (κ3) is 2.21. The number of carboxylic acids is 1. The van der Waals surface area contributed by atoms with Gasteiger partial charge in [-0.15, -0.1) is 0 Å². The van der Waals surface area contributed by atoms with Crippen LogP contribution in [-0.2, 0) is 9.53 Å². The van der Waals surface area contributed by atoms with E-state index >= 15 is 0 Å². The number of ether oxygens (including phenoxy) is 1. The first-order valence-electron chi connectivity index (χ1n) is 4.35. The highest BCUT2D eigenvalue weighted by Gasteiger charge is 2.42. The van der Waals surface area contributed by atoms with Crippen LogP contribution < -0.4 is 0 Å². The molecule has 1 fully saturated rings. The highest BCUT2D eigenvalue weighted by atomic mass is 16.5. The Kier molecular flexibility index (Phi) is 3.43. The van der Waals surface area contributed by atoms with E-state index in [1.807, 2.05) is 0 Å². The molecule has 5 atom stereocenters. The lowest BCUT2D eigenvalue weighted by Gasteiger charge is -2.38. The zero-order valence-electron chi connectivity index (χ0n) is 7.70. The van der Waals surface area contributed by atoms with E-state index in [0.717, 1.165) is 0 Å². The molecule has 0 aromatic heterocycles. The number of carbonyl (C=O) groups is 1. The summed E-state index contributed by atoms with van der Waals surface area (Å²) in [7, 11) is 0. The van der Waals surface area contributed by atoms with Crippen LogP contribution in [0.1, 0.15) is 13.3 Å². The SMILES string of the molecule is C[C@@H]1OC(CC(=O)O)[C@H](O)C(O)[C@H]1O. The summed E-state index contributed by atoms with van der Waals surface area (Å²) in [6.07, 6.45) is -5.95. The fourth-order valence-corrected chi connectivity index (χ4v) is 1.48. The number of hydrogen-bond donors (Lipinski definition) is 4. The molecular formula is C8H14O6. The van der Waals surface area contributed by atoms with Crippen molar-refractivity contribution in [2.45, 2.75) is 43.9 Å². The Balaban J connectivity index is 2.65. The van der Waals surface area contributed by atoms with Crippen LogP contribution in [0, 0.1) is 0 Å². The normalized spacial score (nSPS) is 43.6. The molecule has 0 aromatic rings. The number of rotatable bonds is 2. The first kappa shape index (κ1) is 11.4.